The number of carbonyl (C=O) groups excluding carboxylic acids is 1. The maximum absolute atomic E-state index is 13.2. The van der Waals surface area contributed by atoms with Gasteiger partial charge in [-0.1, -0.05) is 12.1 Å². The quantitative estimate of drug-likeness (QED) is 0.594. The van der Waals surface area contributed by atoms with Crippen molar-refractivity contribution in [2.24, 2.45) is 7.05 Å². The molecule has 2 fully saturated rings. The molecule has 0 atom stereocenters. The van der Waals surface area contributed by atoms with E-state index in [0.717, 1.165) is 55.0 Å². The van der Waals surface area contributed by atoms with Crippen LogP contribution in [0.25, 0.3) is 11.3 Å². The minimum absolute atomic E-state index is 0.000704. The van der Waals surface area contributed by atoms with Gasteiger partial charge in [0.25, 0.3) is 5.91 Å². The van der Waals surface area contributed by atoms with Crippen LogP contribution in [0.2, 0.25) is 0 Å². The molecule has 2 saturated heterocycles. The fraction of sp³-hybridized carbons (Fsp3) is 0.417. The number of ether oxygens (including phenoxy) is 1. The molecule has 0 radical (unpaired) electrons. The van der Waals surface area contributed by atoms with E-state index in [-0.39, 0.29) is 5.91 Å². The summed E-state index contributed by atoms with van der Waals surface area (Å²) in [6.07, 6.45) is 4.23. The van der Waals surface area contributed by atoms with Crippen molar-refractivity contribution >= 4 is 17.7 Å². The van der Waals surface area contributed by atoms with Gasteiger partial charge in [0.05, 0.1) is 12.8 Å². The second-order valence-electron chi connectivity index (χ2n) is 8.46. The van der Waals surface area contributed by atoms with Crippen molar-refractivity contribution in [1.82, 2.24) is 24.6 Å². The van der Waals surface area contributed by atoms with Gasteiger partial charge in [0.2, 0.25) is 5.95 Å². The zero-order valence-electron chi connectivity index (χ0n) is 19.1. The van der Waals surface area contributed by atoms with Crippen molar-refractivity contribution in [3.63, 3.8) is 0 Å². The lowest BCUT2D eigenvalue weighted by Gasteiger charge is -2.35. The molecule has 1 aromatic carbocycles. The van der Waals surface area contributed by atoms with Gasteiger partial charge in [-0.05, 0) is 37.1 Å². The average molecular weight is 448 g/mol. The predicted molar refractivity (Wildman–Crippen MR) is 127 cm³/mol. The first-order chi connectivity index (χ1) is 16.1. The molecule has 4 heterocycles. The first-order valence-electron chi connectivity index (χ1n) is 11.4. The summed E-state index contributed by atoms with van der Waals surface area (Å²) in [5.41, 5.74) is 2.26. The van der Waals surface area contributed by atoms with Crippen LogP contribution in [0.3, 0.4) is 0 Å². The average Bonchev–Trinajstić information content (AvgIpc) is 3.54. The van der Waals surface area contributed by atoms with Crippen molar-refractivity contribution in [1.29, 1.82) is 0 Å². The summed E-state index contributed by atoms with van der Waals surface area (Å²) in [6.45, 7) is 4.80. The van der Waals surface area contributed by atoms with E-state index in [1.807, 2.05) is 54.5 Å². The fourth-order valence-corrected chi connectivity index (χ4v) is 4.48. The van der Waals surface area contributed by atoms with E-state index >= 15 is 0 Å². The number of rotatable bonds is 5. The second-order valence-corrected chi connectivity index (χ2v) is 8.46. The van der Waals surface area contributed by atoms with Gasteiger partial charge in [0.1, 0.15) is 17.3 Å². The van der Waals surface area contributed by atoms with E-state index < -0.39 is 0 Å². The molecule has 2 aromatic heterocycles. The lowest BCUT2D eigenvalue weighted by molar-refractivity contribution is 0.0735. The second kappa shape index (κ2) is 9.09. The van der Waals surface area contributed by atoms with Crippen LogP contribution >= 0.6 is 0 Å². The molecule has 2 aliphatic rings. The van der Waals surface area contributed by atoms with Crippen LogP contribution in [0.1, 0.15) is 23.3 Å². The van der Waals surface area contributed by atoms with Gasteiger partial charge in [0.15, 0.2) is 0 Å². The van der Waals surface area contributed by atoms with E-state index in [1.54, 1.807) is 11.8 Å². The van der Waals surface area contributed by atoms with Crippen molar-refractivity contribution in [3.8, 4) is 17.0 Å². The molecular weight excluding hydrogens is 418 g/mol. The lowest BCUT2D eigenvalue weighted by Crippen LogP contribution is -2.49. The molecule has 0 unspecified atom stereocenters. The van der Waals surface area contributed by atoms with Crippen molar-refractivity contribution < 1.29 is 9.53 Å². The summed E-state index contributed by atoms with van der Waals surface area (Å²) in [4.78, 5) is 28.9. The smallest absolute Gasteiger partial charge is 0.272 e. The van der Waals surface area contributed by atoms with Gasteiger partial charge in [-0.15, -0.1) is 0 Å². The van der Waals surface area contributed by atoms with Crippen molar-refractivity contribution in [2.45, 2.75) is 12.8 Å². The van der Waals surface area contributed by atoms with Gasteiger partial charge >= 0.3 is 0 Å². The Morgan fingerprint density at radius 1 is 0.970 bits per heavy atom. The largest absolute Gasteiger partial charge is 0.497 e. The minimum atomic E-state index is -0.000704. The summed E-state index contributed by atoms with van der Waals surface area (Å²) in [7, 11) is 3.45. The highest BCUT2D eigenvalue weighted by molar-refractivity contribution is 5.94. The highest BCUT2D eigenvalue weighted by Crippen LogP contribution is 2.25. The maximum atomic E-state index is 13.2. The SMILES string of the molecule is COc1cccc(-c2cc(C(=O)N3CCN(c4ccnc(N5CCCC5)n4)CC3)n(C)n2)c1. The summed E-state index contributed by atoms with van der Waals surface area (Å²) >= 11 is 0. The summed E-state index contributed by atoms with van der Waals surface area (Å²) < 4.78 is 6.98. The van der Waals surface area contributed by atoms with E-state index in [0.29, 0.717) is 18.8 Å². The lowest BCUT2D eigenvalue weighted by atomic mass is 10.1. The van der Waals surface area contributed by atoms with Gasteiger partial charge in [-0.2, -0.15) is 10.1 Å². The third-order valence-corrected chi connectivity index (χ3v) is 6.37. The summed E-state index contributed by atoms with van der Waals surface area (Å²) in [5.74, 6) is 2.50. The number of aryl methyl sites for hydroxylation is 1. The standard InChI is InChI=1S/C24H29N7O2/c1-28-21(17-20(27-28)18-6-5-7-19(16-18)33-2)23(32)30-14-12-29(13-15-30)22-8-9-25-24(26-22)31-10-3-4-11-31/h5-9,16-17H,3-4,10-15H2,1-2H3. The Labute approximate surface area is 193 Å². The maximum Gasteiger partial charge on any atom is 0.272 e. The number of anilines is 2. The Hall–Kier alpha value is -3.62. The molecule has 0 spiro atoms. The Morgan fingerprint density at radius 2 is 1.76 bits per heavy atom. The van der Waals surface area contributed by atoms with Crippen LogP contribution in [0.4, 0.5) is 11.8 Å². The predicted octanol–water partition coefficient (Wildman–Crippen LogP) is 2.45. The van der Waals surface area contributed by atoms with E-state index in [2.05, 4.69) is 19.9 Å². The Morgan fingerprint density at radius 3 is 2.52 bits per heavy atom. The normalized spacial score (nSPS) is 16.4. The molecule has 0 aliphatic carbocycles. The molecule has 2 aliphatic heterocycles. The molecule has 0 bridgehead atoms. The summed E-state index contributed by atoms with van der Waals surface area (Å²) in [5, 5.41) is 4.56. The van der Waals surface area contributed by atoms with Crippen LogP contribution in [-0.4, -0.2) is 76.9 Å². The number of hydrogen-bond donors (Lipinski definition) is 0. The molecule has 9 heteroatoms. The van der Waals surface area contributed by atoms with Crippen LogP contribution in [-0.2, 0) is 7.05 Å². The van der Waals surface area contributed by atoms with E-state index in [4.69, 9.17) is 9.72 Å². The first kappa shape index (κ1) is 21.2. The number of nitrogens with zero attached hydrogens (tertiary/aromatic N) is 7. The molecular formula is C24H29N7O2. The Balaban J connectivity index is 1.26. The fourth-order valence-electron chi connectivity index (χ4n) is 4.48. The molecule has 172 valence electrons. The van der Waals surface area contributed by atoms with Gasteiger partial charge in [0, 0.05) is 58.1 Å². The molecule has 3 aromatic rings. The molecule has 1 amide bonds. The number of carbonyl (C=O) groups is 1. The van der Waals surface area contributed by atoms with Crippen LogP contribution < -0.4 is 14.5 Å². The number of benzene rings is 1. The number of hydrogen-bond acceptors (Lipinski definition) is 7. The topological polar surface area (TPSA) is 79.6 Å². The Kier molecular flexibility index (Phi) is 5.85. The minimum Gasteiger partial charge on any atom is -0.497 e. The number of piperazine rings is 1. The molecule has 0 N–H and O–H groups in total. The molecule has 33 heavy (non-hydrogen) atoms. The van der Waals surface area contributed by atoms with Gasteiger partial charge in [-0.25, -0.2) is 4.98 Å². The number of aromatic nitrogens is 4. The summed E-state index contributed by atoms with van der Waals surface area (Å²) in [6, 6.07) is 11.5. The third kappa shape index (κ3) is 4.35. The monoisotopic (exact) mass is 447 g/mol. The Bertz CT molecular complexity index is 1130. The van der Waals surface area contributed by atoms with Crippen molar-refractivity contribution in [3.05, 3.63) is 48.3 Å². The highest BCUT2D eigenvalue weighted by Gasteiger charge is 2.26. The van der Waals surface area contributed by atoms with Crippen molar-refractivity contribution in [2.75, 3.05) is 56.2 Å². The molecule has 0 saturated carbocycles. The van der Waals surface area contributed by atoms with Crippen LogP contribution in [0, 0.1) is 0 Å². The van der Waals surface area contributed by atoms with Gasteiger partial charge < -0.3 is 19.4 Å². The number of methoxy groups -OCH3 is 1. The van der Waals surface area contributed by atoms with Gasteiger partial charge in [-0.3, -0.25) is 9.48 Å². The zero-order valence-corrected chi connectivity index (χ0v) is 19.1. The highest BCUT2D eigenvalue weighted by atomic mass is 16.5. The first-order valence-corrected chi connectivity index (χ1v) is 11.4. The molecule has 9 nitrogen and oxygen atoms in total. The van der Waals surface area contributed by atoms with Crippen LogP contribution in [0.15, 0.2) is 42.6 Å². The van der Waals surface area contributed by atoms with E-state index in [1.165, 1.54) is 12.8 Å². The number of amides is 1. The molecule has 5 rings (SSSR count). The van der Waals surface area contributed by atoms with Crippen LogP contribution in [0.5, 0.6) is 5.75 Å². The zero-order chi connectivity index (χ0) is 22.8. The van der Waals surface area contributed by atoms with E-state index in [9.17, 15) is 4.79 Å². The third-order valence-electron chi connectivity index (χ3n) is 6.37.